The third-order valence-electron chi connectivity index (χ3n) is 5.00. The number of anilines is 1. The molecule has 2 aromatic rings. The van der Waals surface area contributed by atoms with Crippen molar-refractivity contribution in [3.63, 3.8) is 0 Å². The molecule has 0 unspecified atom stereocenters. The van der Waals surface area contributed by atoms with E-state index in [1.165, 1.54) is 17.1 Å². The molecule has 0 saturated heterocycles. The summed E-state index contributed by atoms with van der Waals surface area (Å²) in [7, 11) is 4.25. The smallest absolute Gasteiger partial charge is 0.248 e. The number of nitrogens with zero attached hydrogens (tertiary/aromatic N) is 4. The first-order valence-electron chi connectivity index (χ1n) is 9.34. The molecule has 4 heteroatoms. The molecule has 2 heterocycles. The highest BCUT2D eigenvalue weighted by Crippen LogP contribution is 2.15. The Morgan fingerprint density at radius 2 is 1.50 bits per heavy atom. The molecule has 0 aromatic heterocycles. The number of hydrogen-bond donors (Lipinski definition) is 0. The minimum Gasteiger partial charge on any atom is -0.267 e. The molecule has 0 fully saturated rings. The Morgan fingerprint density at radius 1 is 0.846 bits per heavy atom. The molecule has 2 aliphatic heterocycles. The summed E-state index contributed by atoms with van der Waals surface area (Å²) in [4.78, 5) is 4.69. The first kappa shape index (κ1) is 18.2. The first-order chi connectivity index (χ1) is 12.6. The molecule has 0 atom stereocenters. The van der Waals surface area contributed by atoms with Crippen LogP contribution in [0.3, 0.4) is 0 Å². The van der Waals surface area contributed by atoms with Crippen molar-refractivity contribution in [2.75, 3.05) is 45.2 Å². The summed E-state index contributed by atoms with van der Waals surface area (Å²) in [6, 6.07) is 21.1. The maximum absolute atomic E-state index is 2.35. The van der Waals surface area contributed by atoms with E-state index in [1.54, 1.807) is 0 Å². The van der Waals surface area contributed by atoms with Gasteiger partial charge in [-0.1, -0.05) is 48.5 Å². The molecular weight excluding hydrogens is 320 g/mol. The second-order valence-corrected chi connectivity index (χ2v) is 7.01. The highest BCUT2D eigenvalue weighted by Gasteiger charge is 2.25. The molecule has 0 N–H and O–H groups in total. The van der Waals surface area contributed by atoms with Gasteiger partial charge in [0, 0.05) is 6.92 Å². The van der Waals surface area contributed by atoms with Crippen molar-refractivity contribution in [3.8, 4) is 0 Å². The van der Waals surface area contributed by atoms with E-state index in [0.29, 0.717) is 0 Å². The van der Waals surface area contributed by atoms with Gasteiger partial charge in [0.15, 0.2) is 0 Å². The van der Waals surface area contributed by atoms with Gasteiger partial charge in [0.1, 0.15) is 38.4 Å². The van der Waals surface area contributed by atoms with Crippen LogP contribution in [0.4, 0.5) is 5.69 Å². The lowest BCUT2D eigenvalue weighted by molar-refractivity contribution is -0.486. The van der Waals surface area contributed by atoms with E-state index in [9.17, 15) is 0 Å². The van der Waals surface area contributed by atoms with Crippen LogP contribution in [0.15, 0.2) is 60.7 Å². The number of benzene rings is 2. The minimum atomic E-state index is 1.03. The quantitative estimate of drug-likeness (QED) is 0.790. The third-order valence-corrected chi connectivity index (χ3v) is 5.00. The monoisotopic (exact) mass is 350 g/mol. The van der Waals surface area contributed by atoms with E-state index in [0.717, 1.165) is 32.7 Å². The SMILES string of the molecule is CC1=[N+](C)CCN1c1ccccc1.C[N+]1=CN(Cc2ccccc2)CC1. The van der Waals surface area contributed by atoms with Gasteiger partial charge in [-0.25, -0.2) is 4.90 Å². The molecular formula is C22H30N4+2. The Labute approximate surface area is 157 Å². The van der Waals surface area contributed by atoms with E-state index in [2.05, 4.69) is 107 Å². The van der Waals surface area contributed by atoms with Gasteiger partial charge in [0.05, 0.1) is 14.1 Å². The third kappa shape index (κ3) is 4.72. The molecule has 26 heavy (non-hydrogen) atoms. The largest absolute Gasteiger partial charge is 0.267 e. The van der Waals surface area contributed by atoms with Crippen LogP contribution in [0.5, 0.6) is 0 Å². The molecule has 0 spiro atoms. The van der Waals surface area contributed by atoms with Gasteiger partial charge in [-0.05, 0) is 17.7 Å². The second kappa shape index (κ2) is 8.65. The van der Waals surface area contributed by atoms with Gasteiger partial charge in [0.25, 0.3) is 0 Å². The Morgan fingerprint density at radius 3 is 2.04 bits per heavy atom. The Bertz CT molecular complexity index is 765. The zero-order chi connectivity index (χ0) is 18.4. The molecule has 0 saturated carbocycles. The second-order valence-electron chi connectivity index (χ2n) is 7.01. The maximum Gasteiger partial charge on any atom is 0.248 e. The van der Waals surface area contributed by atoms with Crippen LogP contribution >= 0.6 is 0 Å². The summed E-state index contributed by atoms with van der Waals surface area (Å²) in [5, 5.41) is 0. The molecule has 0 bridgehead atoms. The fourth-order valence-corrected chi connectivity index (χ4v) is 3.32. The van der Waals surface area contributed by atoms with Crippen LogP contribution in [0.1, 0.15) is 12.5 Å². The number of hydrogen-bond acceptors (Lipinski definition) is 2. The zero-order valence-corrected chi connectivity index (χ0v) is 16.2. The highest BCUT2D eigenvalue weighted by atomic mass is 15.3. The summed E-state index contributed by atoms with van der Waals surface area (Å²) >= 11 is 0. The molecule has 4 nitrogen and oxygen atoms in total. The van der Waals surface area contributed by atoms with Crippen molar-refractivity contribution in [2.45, 2.75) is 13.5 Å². The molecule has 0 amide bonds. The summed E-state index contributed by atoms with van der Waals surface area (Å²) < 4.78 is 4.51. The lowest BCUT2D eigenvalue weighted by Crippen LogP contribution is -2.25. The van der Waals surface area contributed by atoms with Gasteiger partial charge in [0.2, 0.25) is 12.2 Å². The maximum atomic E-state index is 2.35. The fourth-order valence-electron chi connectivity index (χ4n) is 3.32. The van der Waals surface area contributed by atoms with Gasteiger partial charge >= 0.3 is 0 Å². The average Bonchev–Trinajstić information content (AvgIpc) is 3.23. The van der Waals surface area contributed by atoms with Crippen molar-refractivity contribution in [2.24, 2.45) is 0 Å². The van der Waals surface area contributed by atoms with Crippen molar-refractivity contribution < 1.29 is 9.15 Å². The van der Waals surface area contributed by atoms with Gasteiger partial charge in [-0.3, -0.25) is 14.1 Å². The predicted octanol–water partition coefficient (Wildman–Crippen LogP) is 2.74. The van der Waals surface area contributed by atoms with E-state index in [-0.39, 0.29) is 0 Å². The molecule has 0 aliphatic carbocycles. The molecule has 4 rings (SSSR count). The topological polar surface area (TPSA) is 12.5 Å². The fraction of sp³-hybridized carbons (Fsp3) is 0.364. The first-order valence-corrected chi connectivity index (χ1v) is 9.34. The van der Waals surface area contributed by atoms with Gasteiger partial charge in [-0.15, -0.1) is 0 Å². The Balaban J connectivity index is 0.000000151. The lowest BCUT2D eigenvalue weighted by atomic mass is 10.2. The number of para-hydroxylation sites is 1. The van der Waals surface area contributed by atoms with Crippen LogP contribution in [0, 0.1) is 0 Å². The van der Waals surface area contributed by atoms with Crippen molar-refractivity contribution >= 4 is 17.9 Å². The van der Waals surface area contributed by atoms with Crippen LogP contribution in [-0.2, 0) is 6.54 Å². The summed E-state index contributed by atoms with van der Waals surface area (Å²) in [5.41, 5.74) is 2.68. The number of rotatable bonds is 3. The van der Waals surface area contributed by atoms with E-state index in [4.69, 9.17) is 0 Å². The molecule has 136 valence electrons. The Kier molecular flexibility index (Phi) is 6.05. The van der Waals surface area contributed by atoms with Crippen molar-refractivity contribution in [3.05, 3.63) is 66.2 Å². The molecule has 2 aromatic carbocycles. The zero-order valence-electron chi connectivity index (χ0n) is 16.2. The summed E-state index contributed by atoms with van der Waals surface area (Å²) in [5.74, 6) is 1.34. The number of likely N-dealkylation sites (N-methyl/N-ethyl adjacent to an activating group) is 2. The Hall–Kier alpha value is -2.62. The van der Waals surface area contributed by atoms with Crippen LogP contribution < -0.4 is 4.90 Å². The molecule has 2 aliphatic rings. The average molecular weight is 351 g/mol. The normalized spacial score (nSPS) is 16.5. The van der Waals surface area contributed by atoms with Gasteiger partial charge < -0.3 is 0 Å². The van der Waals surface area contributed by atoms with E-state index < -0.39 is 0 Å². The summed E-state index contributed by atoms with van der Waals surface area (Å²) in [6.45, 7) is 7.72. The lowest BCUT2D eigenvalue weighted by Gasteiger charge is -2.09. The van der Waals surface area contributed by atoms with Crippen molar-refractivity contribution in [1.82, 2.24) is 4.90 Å². The van der Waals surface area contributed by atoms with Crippen LogP contribution in [0.2, 0.25) is 0 Å². The van der Waals surface area contributed by atoms with E-state index in [1.807, 2.05) is 0 Å². The molecule has 0 radical (unpaired) electrons. The van der Waals surface area contributed by atoms with Crippen LogP contribution in [0.25, 0.3) is 0 Å². The van der Waals surface area contributed by atoms with E-state index >= 15 is 0 Å². The van der Waals surface area contributed by atoms with Crippen molar-refractivity contribution in [1.29, 1.82) is 0 Å². The standard InChI is InChI=1S/2C11H15N2/c1-10-12(2)8-9-13(10)11-6-4-3-5-7-11;1-12-7-8-13(10-12)9-11-5-3-2-4-6-11/h3-7H,8-9H2,1-2H3;2-6,10H,7-9H2,1H3/q2*+1. The highest BCUT2D eigenvalue weighted by molar-refractivity contribution is 5.93. The van der Waals surface area contributed by atoms with Gasteiger partial charge in [-0.2, -0.15) is 0 Å². The minimum absolute atomic E-state index is 1.03. The number of amidine groups is 1. The summed E-state index contributed by atoms with van der Waals surface area (Å²) in [6.07, 6.45) is 2.19. The van der Waals surface area contributed by atoms with Crippen LogP contribution in [-0.4, -0.2) is 66.5 Å². The predicted molar refractivity (Wildman–Crippen MR) is 109 cm³/mol.